The molecule has 0 saturated carbocycles. The molecule has 3 rings (SSSR count). The summed E-state index contributed by atoms with van der Waals surface area (Å²) in [6, 6.07) is 8.13. The number of benzene rings is 2. The first-order valence-corrected chi connectivity index (χ1v) is 12.8. The van der Waals surface area contributed by atoms with Crippen molar-refractivity contribution in [1.29, 1.82) is 5.41 Å². The van der Waals surface area contributed by atoms with Crippen LogP contribution in [0.3, 0.4) is 0 Å². The van der Waals surface area contributed by atoms with Crippen molar-refractivity contribution in [2.45, 2.75) is 6.04 Å². The Morgan fingerprint density at radius 1 is 1.07 bits per heavy atom. The molecule has 214 valence electrons. The Hall–Kier alpha value is -4.07. The maximum atomic E-state index is 13.0. The number of anilines is 2. The maximum absolute atomic E-state index is 13.0. The molecular formula is C25H29Cl2N7O6. The van der Waals surface area contributed by atoms with E-state index in [9.17, 15) is 19.2 Å². The normalized spacial score (nSPS) is 13.5. The van der Waals surface area contributed by atoms with Crippen LogP contribution in [0.15, 0.2) is 36.4 Å². The number of nitrogens with two attached hydrogens (primary N) is 1. The van der Waals surface area contributed by atoms with E-state index < -0.39 is 36.3 Å². The van der Waals surface area contributed by atoms with Gasteiger partial charge in [0.1, 0.15) is 6.04 Å². The monoisotopic (exact) mass is 593 g/mol. The zero-order valence-corrected chi connectivity index (χ0v) is 23.0. The topological polar surface area (TPSA) is 188 Å². The van der Waals surface area contributed by atoms with Crippen LogP contribution in [0.2, 0.25) is 10.0 Å². The van der Waals surface area contributed by atoms with Gasteiger partial charge in [0, 0.05) is 36.6 Å². The summed E-state index contributed by atoms with van der Waals surface area (Å²) in [6.07, 6.45) is 0. The Morgan fingerprint density at radius 3 is 2.38 bits per heavy atom. The summed E-state index contributed by atoms with van der Waals surface area (Å²) in [7, 11) is 1.13. The number of nitrogens with zero attached hydrogens (tertiary/aromatic N) is 1. The molecule has 7 N–H and O–H groups in total. The van der Waals surface area contributed by atoms with Crippen LogP contribution in [-0.2, 0) is 19.1 Å². The summed E-state index contributed by atoms with van der Waals surface area (Å²) < 4.78 is 10.1. The maximum Gasteiger partial charge on any atom is 0.330 e. The van der Waals surface area contributed by atoms with E-state index >= 15 is 0 Å². The summed E-state index contributed by atoms with van der Waals surface area (Å²) in [5.74, 6) is -3.02. The second-order valence-corrected chi connectivity index (χ2v) is 9.35. The first-order chi connectivity index (χ1) is 19.1. The van der Waals surface area contributed by atoms with Gasteiger partial charge in [-0.15, -0.1) is 0 Å². The predicted octanol–water partition coefficient (Wildman–Crippen LogP) is 0.953. The summed E-state index contributed by atoms with van der Waals surface area (Å²) in [6.45, 7) is 1.66. The van der Waals surface area contributed by atoms with E-state index in [-0.39, 0.29) is 33.7 Å². The van der Waals surface area contributed by atoms with Crippen LogP contribution in [0.4, 0.5) is 11.4 Å². The average Bonchev–Trinajstić information content (AvgIpc) is 2.93. The van der Waals surface area contributed by atoms with E-state index in [2.05, 4.69) is 21.3 Å². The number of carbonyl (C=O) groups excluding carboxylic acids is 4. The highest BCUT2D eigenvalue weighted by molar-refractivity contribution is 6.40. The van der Waals surface area contributed by atoms with Crippen molar-refractivity contribution in [3.05, 3.63) is 57.6 Å². The number of esters is 1. The molecule has 2 aromatic carbocycles. The molecule has 1 aliphatic rings. The standard InChI is InChI=1S/C25H29Cl2N7O6/c1-39-24(38)19(12-30-20(35)13-31-22(36)14-3-2-4-15(9-14)32-25(28)29)33-23(37)21-17(26)10-16(11-18(21)27)34-5-7-40-8-6-34/h2-4,9-11,19H,5-8,12-13H2,1H3,(H,30,35)(H,31,36)(H,33,37)(H4,28,29,32)/t19-/m0/s1. The fourth-order valence-corrected chi connectivity index (χ4v) is 4.43. The van der Waals surface area contributed by atoms with Gasteiger partial charge in [-0.2, -0.15) is 0 Å². The highest BCUT2D eigenvalue weighted by atomic mass is 35.5. The third-order valence-corrected chi connectivity index (χ3v) is 6.33. The summed E-state index contributed by atoms with van der Waals surface area (Å²) in [4.78, 5) is 52.1. The van der Waals surface area contributed by atoms with Crippen LogP contribution in [0.1, 0.15) is 20.7 Å². The molecule has 0 aromatic heterocycles. The molecule has 1 aliphatic heterocycles. The molecule has 3 amide bonds. The molecule has 1 heterocycles. The van der Waals surface area contributed by atoms with Crippen LogP contribution < -0.4 is 31.9 Å². The Balaban J connectivity index is 1.58. The number of nitrogens with one attached hydrogen (secondary N) is 5. The number of methoxy groups -OCH3 is 1. The van der Waals surface area contributed by atoms with E-state index in [0.29, 0.717) is 32.0 Å². The number of carbonyl (C=O) groups is 4. The van der Waals surface area contributed by atoms with Crippen LogP contribution >= 0.6 is 23.2 Å². The number of ether oxygens (including phenoxy) is 2. The van der Waals surface area contributed by atoms with Gasteiger partial charge in [-0.05, 0) is 30.3 Å². The average molecular weight is 594 g/mol. The van der Waals surface area contributed by atoms with Crippen molar-refractivity contribution in [2.75, 3.05) is 56.7 Å². The zero-order valence-electron chi connectivity index (χ0n) is 21.5. The number of rotatable bonds is 10. The van der Waals surface area contributed by atoms with Crippen molar-refractivity contribution < 1.29 is 28.7 Å². The molecule has 1 fully saturated rings. The van der Waals surface area contributed by atoms with Gasteiger partial charge < -0.3 is 41.4 Å². The van der Waals surface area contributed by atoms with Crippen molar-refractivity contribution in [2.24, 2.45) is 5.73 Å². The quantitative estimate of drug-likeness (QED) is 0.132. The lowest BCUT2D eigenvalue weighted by Gasteiger charge is -2.29. The zero-order chi connectivity index (χ0) is 29.2. The molecular weight excluding hydrogens is 565 g/mol. The Bertz CT molecular complexity index is 1260. The molecule has 0 aliphatic carbocycles. The highest BCUT2D eigenvalue weighted by Crippen LogP contribution is 2.31. The van der Waals surface area contributed by atoms with Crippen LogP contribution in [0.25, 0.3) is 0 Å². The van der Waals surface area contributed by atoms with Crippen molar-refractivity contribution >= 4 is 64.2 Å². The molecule has 0 unspecified atom stereocenters. The van der Waals surface area contributed by atoms with Gasteiger partial charge in [0.15, 0.2) is 5.96 Å². The van der Waals surface area contributed by atoms with Crippen molar-refractivity contribution in [1.82, 2.24) is 16.0 Å². The first kappa shape index (κ1) is 30.5. The fraction of sp³-hybridized carbons (Fsp3) is 0.320. The van der Waals surface area contributed by atoms with E-state index in [1.807, 2.05) is 4.90 Å². The van der Waals surface area contributed by atoms with Crippen LogP contribution in [0.5, 0.6) is 0 Å². The third-order valence-electron chi connectivity index (χ3n) is 5.74. The number of guanidine groups is 1. The van der Waals surface area contributed by atoms with Gasteiger partial charge in [0.2, 0.25) is 5.91 Å². The summed E-state index contributed by atoms with van der Waals surface area (Å²) in [5, 5.41) is 17.4. The largest absolute Gasteiger partial charge is 0.467 e. The summed E-state index contributed by atoms with van der Waals surface area (Å²) >= 11 is 12.8. The third kappa shape index (κ3) is 8.46. The molecule has 1 atom stereocenters. The molecule has 0 bridgehead atoms. The minimum atomic E-state index is -1.27. The predicted molar refractivity (Wildman–Crippen MR) is 150 cm³/mol. The lowest BCUT2D eigenvalue weighted by atomic mass is 10.1. The second kappa shape index (κ2) is 14.4. The van der Waals surface area contributed by atoms with Gasteiger partial charge in [-0.25, -0.2) is 4.79 Å². The molecule has 0 spiro atoms. The minimum absolute atomic E-state index is 0.0330. The highest BCUT2D eigenvalue weighted by Gasteiger charge is 2.26. The van der Waals surface area contributed by atoms with Crippen molar-refractivity contribution in [3.63, 3.8) is 0 Å². The van der Waals surface area contributed by atoms with E-state index in [1.54, 1.807) is 24.3 Å². The van der Waals surface area contributed by atoms with E-state index in [4.69, 9.17) is 43.8 Å². The lowest BCUT2D eigenvalue weighted by molar-refractivity contribution is -0.142. The van der Waals surface area contributed by atoms with E-state index in [1.165, 1.54) is 12.1 Å². The number of amides is 3. The Kier molecular flexibility index (Phi) is 10.9. The smallest absolute Gasteiger partial charge is 0.330 e. The number of hydrogen-bond donors (Lipinski definition) is 6. The van der Waals surface area contributed by atoms with Gasteiger partial charge >= 0.3 is 5.97 Å². The van der Waals surface area contributed by atoms with Crippen molar-refractivity contribution in [3.8, 4) is 0 Å². The van der Waals surface area contributed by atoms with Gasteiger partial charge in [-0.3, -0.25) is 19.8 Å². The second-order valence-electron chi connectivity index (χ2n) is 8.54. The summed E-state index contributed by atoms with van der Waals surface area (Å²) in [5.41, 5.74) is 6.65. The number of hydrogen-bond acceptors (Lipinski definition) is 8. The molecule has 1 saturated heterocycles. The van der Waals surface area contributed by atoms with Crippen LogP contribution in [-0.4, -0.2) is 82.2 Å². The molecule has 15 heteroatoms. The Morgan fingerprint density at radius 2 is 1.75 bits per heavy atom. The van der Waals surface area contributed by atoms with Gasteiger partial charge in [-0.1, -0.05) is 29.3 Å². The van der Waals surface area contributed by atoms with Gasteiger partial charge in [0.25, 0.3) is 11.8 Å². The van der Waals surface area contributed by atoms with Crippen LogP contribution in [0, 0.1) is 5.41 Å². The number of halogens is 2. The molecule has 2 aromatic rings. The molecule has 13 nitrogen and oxygen atoms in total. The molecule has 40 heavy (non-hydrogen) atoms. The minimum Gasteiger partial charge on any atom is -0.467 e. The van der Waals surface area contributed by atoms with Gasteiger partial charge in [0.05, 0.1) is 42.5 Å². The fourth-order valence-electron chi connectivity index (χ4n) is 3.78. The lowest BCUT2D eigenvalue weighted by Crippen LogP contribution is -2.50. The molecule has 0 radical (unpaired) electrons. The Labute approximate surface area is 240 Å². The SMILES string of the molecule is COC(=O)[C@H](CNC(=O)CNC(=O)c1cccc(NC(=N)N)c1)NC(=O)c1c(Cl)cc(N2CCOCC2)cc1Cl. The first-order valence-electron chi connectivity index (χ1n) is 12.1. The number of morpholine rings is 1. The van der Waals surface area contributed by atoms with E-state index in [0.717, 1.165) is 12.8 Å².